The summed E-state index contributed by atoms with van der Waals surface area (Å²) in [6.45, 7) is 0.390. The lowest BCUT2D eigenvalue weighted by molar-refractivity contribution is 0.250. The SMILES string of the molecule is O=C(NCC1CCS(=O)(=O)C1)Nc1ccc(Br)cc1. The van der Waals surface area contributed by atoms with Gasteiger partial charge in [-0.15, -0.1) is 0 Å². The second kappa shape index (κ2) is 5.92. The summed E-state index contributed by atoms with van der Waals surface area (Å²) in [5.74, 6) is 0.430. The van der Waals surface area contributed by atoms with Crippen molar-refractivity contribution in [2.24, 2.45) is 5.92 Å². The molecule has 1 aliphatic rings. The molecule has 7 heteroatoms. The van der Waals surface area contributed by atoms with Crippen molar-refractivity contribution >= 4 is 37.5 Å². The first kappa shape index (κ1) is 14.3. The third-order valence-electron chi connectivity index (χ3n) is 2.98. The Morgan fingerprint density at radius 2 is 2.00 bits per heavy atom. The number of hydrogen-bond acceptors (Lipinski definition) is 3. The van der Waals surface area contributed by atoms with Gasteiger partial charge in [0.15, 0.2) is 9.84 Å². The zero-order valence-electron chi connectivity index (χ0n) is 10.2. The van der Waals surface area contributed by atoms with Crippen molar-refractivity contribution in [3.8, 4) is 0 Å². The van der Waals surface area contributed by atoms with Crippen LogP contribution in [0.4, 0.5) is 10.5 Å². The molecule has 1 atom stereocenters. The van der Waals surface area contributed by atoms with E-state index in [-0.39, 0.29) is 23.5 Å². The van der Waals surface area contributed by atoms with Gasteiger partial charge in [0.05, 0.1) is 11.5 Å². The monoisotopic (exact) mass is 346 g/mol. The van der Waals surface area contributed by atoms with E-state index in [1.54, 1.807) is 12.1 Å². The Balaban J connectivity index is 1.78. The first-order chi connectivity index (χ1) is 8.94. The van der Waals surface area contributed by atoms with Crippen molar-refractivity contribution in [3.63, 3.8) is 0 Å². The summed E-state index contributed by atoms with van der Waals surface area (Å²) < 4.78 is 23.5. The average Bonchev–Trinajstić information content (AvgIpc) is 2.69. The minimum absolute atomic E-state index is 0.0284. The van der Waals surface area contributed by atoms with Gasteiger partial charge in [-0.05, 0) is 36.6 Å². The van der Waals surface area contributed by atoms with E-state index in [1.165, 1.54) is 0 Å². The molecule has 1 unspecified atom stereocenters. The van der Waals surface area contributed by atoms with Gasteiger partial charge in [-0.1, -0.05) is 15.9 Å². The molecule has 1 fully saturated rings. The molecule has 0 saturated carbocycles. The lowest BCUT2D eigenvalue weighted by Crippen LogP contribution is -2.33. The molecule has 2 N–H and O–H groups in total. The lowest BCUT2D eigenvalue weighted by Gasteiger charge is -2.10. The molecule has 2 amide bonds. The van der Waals surface area contributed by atoms with E-state index in [0.717, 1.165) is 4.47 Å². The number of sulfone groups is 1. The quantitative estimate of drug-likeness (QED) is 0.878. The van der Waals surface area contributed by atoms with Crippen LogP contribution in [0.15, 0.2) is 28.7 Å². The van der Waals surface area contributed by atoms with E-state index in [4.69, 9.17) is 0 Å². The van der Waals surface area contributed by atoms with Crippen LogP contribution in [-0.2, 0) is 9.84 Å². The summed E-state index contributed by atoms with van der Waals surface area (Å²) >= 11 is 3.31. The number of amides is 2. The Bertz CT molecular complexity index is 557. The third-order valence-corrected chi connectivity index (χ3v) is 5.35. The van der Waals surface area contributed by atoms with Crippen LogP contribution >= 0.6 is 15.9 Å². The average molecular weight is 347 g/mol. The van der Waals surface area contributed by atoms with Crippen LogP contribution < -0.4 is 10.6 Å². The summed E-state index contributed by atoms with van der Waals surface area (Å²) in [6.07, 6.45) is 0.626. The fourth-order valence-corrected chi connectivity index (χ4v) is 4.10. The van der Waals surface area contributed by atoms with Crippen LogP contribution in [-0.4, -0.2) is 32.5 Å². The Labute approximate surface area is 120 Å². The van der Waals surface area contributed by atoms with Crippen molar-refractivity contribution in [2.75, 3.05) is 23.4 Å². The second-order valence-electron chi connectivity index (χ2n) is 4.61. The van der Waals surface area contributed by atoms with Crippen molar-refractivity contribution in [3.05, 3.63) is 28.7 Å². The minimum atomic E-state index is -2.88. The highest BCUT2D eigenvalue weighted by Crippen LogP contribution is 2.17. The molecule has 0 aromatic heterocycles. The molecular formula is C12H15BrN2O3S. The highest BCUT2D eigenvalue weighted by atomic mass is 79.9. The normalized spacial score (nSPS) is 21.0. The van der Waals surface area contributed by atoms with Gasteiger partial charge < -0.3 is 10.6 Å². The highest BCUT2D eigenvalue weighted by molar-refractivity contribution is 9.10. The van der Waals surface area contributed by atoms with Crippen molar-refractivity contribution in [2.45, 2.75) is 6.42 Å². The van der Waals surface area contributed by atoms with E-state index in [9.17, 15) is 13.2 Å². The molecule has 0 radical (unpaired) electrons. The summed E-state index contributed by atoms with van der Waals surface area (Å²) in [6, 6.07) is 6.91. The van der Waals surface area contributed by atoms with Gasteiger partial charge in [0.2, 0.25) is 0 Å². The van der Waals surface area contributed by atoms with E-state index in [0.29, 0.717) is 18.7 Å². The zero-order chi connectivity index (χ0) is 13.9. The van der Waals surface area contributed by atoms with Gasteiger partial charge in [-0.3, -0.25) is 0 Å². The number of halogens is 1. The number of anilines is 1. The Kier molecular flexibility index (Phi) is 4.46. The molecule has 1 aliphatic heterocycles. The Morgan fingerprint density at radius 1 is 1.32 bits per heavy atom. The molecule has 1 aromatic rings. The maximum Gasteiger partial charge on any atom is 0.319 e. The molecule has 0 bridgehead atoms. The zero-order valence-corrected chi connectivity index (χ0v) is 12.6. The number of nitrogens with one attached hydrogen (secondary N) is 2. The van der Waals surface area contributed by atoms with Gasteiger partial charge in [0.25, 0.3) is 0 Å². The maximum atomic E-state index is 11.6. The maximum absolute atomic E-state index is 11.6. The molecule has 5 nitrogen and oxygen atoms in total. The van der Waals surface area contributed by atoms with E-state index in [1.807, 2.05) is 12.1 Å². The topological polar surface area (TPSA) is 75.3 Å². The highest BCUT2D eigenvalue weighted by Gasteiger charge is 2.27. The Hall–Kier alpha value is -1.08. The minimum Gasteiger partial charge on any atom is -0.338 e. The fourth-order valence-electron chi connectivity index (χ4n) is 1.98. The number of urea groups is 1. The number of carbonyl (C=O) groups excluding carboxylic acids is 1. The van der Waals surface area contributed by atoms with Gasteiger partial charge in [0, 0.05) is 16.7 Å². The molecule has 19 heavy (non-hydrogen) atoms. The predicted molar refractivity (Wildman–Crippen MR) is 77.9 cm³/mol. The molecule has 0 aliphatic carbocycles. The van der Waals surface area contributed by atoms with E-state index < -0.39 is 9.84 Å². The van der Waals surface area contributed by atoms with Crippen LogP contribution in [0.3, 0.4) is 0 Å². The van der Waals surface area contributed by atoms with Crippen molar-refractivity contribution in [1.82, 2.24) is 5.32 Å². The fraction of sp³-hybridized carbons (Fsp3) is 0.417. The van der Waals surface area contributed by atoms with Gasteiger partial charge in [0.1, 0.15) is 0 Å². The molecule has 1 saturated heterocycles. The summed E-state index contributed by atoms with van der Waals surface area (Å²) in [4.78, 5) is 11.6. The number of carbonyl (C=O) groups is 1. The lowest BCUT2D eigenvalue weighted by atomic mass is 10.1. The molecule has 1 aromatic carbocycles. The summed E-state index contributed by atoms with van der Waals surface area (Å²) in [7, 11) is -2.88. The standard InChI is InChI=1S/C12H15BrN2O3S/c13-10-1-3-11(4-2-10)15-12(16)14-7-9-5-6-19(17,18)8-9/h1-4,9H,5-8H2,(H2,14,15,16). The van der Waals surface area contributed by atoms with E-state index in [2.05, 4.69) is 26.6 Å². The number of rotatable bonds is 3. The predicted octanol–water partition coefficient (Wildman–Crippen LogP) is 2.01. The van der Waals surface area contributed by atoms with Crippen molar-refractivity contribution in [1.29, 1.82) is 0 Å². The largest absolute Gasteiger partial charge is 0.338 e. The van der Waals surface area contributed by atoms with Crippen molar-refractivity contribution < 1.29 is 13.2 Å². The van der Waals surface area contributed by atoms with Gasteiger partial charge >= 0.3 is 6.03 Å². The summed E-state index contributed by atoms with van der Waals surface area (Å²) in [5, 5.41) is 5.39. The Morgan fingerprint density at radius 3 is 2.58 bits per heavy atom. The molecule has 104 valence electrons. The number of benzene rings is 1. The third kappa shape index (κ3) is 4.50. The molecule has 0 spiro atoms. The van der Waals surface area contributed by atoms with Crippen LogP contribution in [0.1, 0.15) is 6.42 Å². The van der Waals surface area contributed by atoms with E-state index >= 15 is 0 Å². The number of hydrogen-bond donors (Lipinski definition) is 2. The summed E-state index contributed by atoms with van der Waals surface area (Å²) in [5.41, 5.74) is 0.694. The van der Waals surface area contributed by atoms with Gasteiger partial charge in [-0.2, -0.15) is 0 Å². The van der Waals surface area contributed by atoms with Gasteiger partial charge in [-0.25, -0.2) is 13.2 Å². The second-order valence-corrected chi connectivity index (χ2v) is 7.76. The van der Waals surface area contributed by atoms with Crippen LogP contribution in [0.5, 0.6) is 0 Å². The molecule has 1 heterocycles. The first-order valence-electron chi connectivity index (χ1n) is 5.95. The molecule has 2 rings (SSSR count). The van der Waals surface area contributed by atoms with Crippen LogP contribution in [0.2, 0.25) is 0 Å². The van der Waals surface area contributed by atoms with Crippen LogP contribution in [0.25, 0.3) is 0 Å². The smallest absolute Gasteiger partial charge is 0.319 e. The molecular weight excluding hydrogens is 332 g/mol. The van der Waals surface area contributed by atoms with Crippen LogP contribution in [0, 0.1) is 5.92 Å². The first-order valence-corrected chi connectivity index (χ1v) is 8.57.